The van der Waals surface area contributed by atoms with Crippen molar-refractivity contribution in [2.45, 2.75) is 17.9 Å². The van der Waals surface area contributed by atoms with Gasteiger partial charge >= 0.3 is 0 Å². The SMILES string of the molecule is O=S(=O)(c1ccccc1Cl)N1CCCn2ncnc21. The number of sulfonamides is 1. The van der Waals surface area contributed by atoms with Gasteiger partial charge in [0.05, 0.1) is 5.02 Å². The summed E-state index contributed by atoms with van der Waals surface area (Å²) in [6.07, 6.45) is 2.05. The lowest BCUT2D eigenvalue weighted by molar-refractivity contribution is 0.529. The normalized spacial score (nSPS) is 15.3. The molecule has 0 spiro atoms. The van der Waals surface area contributed by atoms with Crippen LogP contribution in [-0.2, 0) is 16.6 Å². The van der Waals surface area contributed by atoms with Gasteiger partial charge in [0, 0.05) is 13.1 Å². The summed E-state index contributed by atoms with van der Waals surface area (Å²) in [4.78, 5) is 4.11. The fourth-order valence-electron chi connectivity index (χ4n) is 2.07. The van der Waals surface area contributed by atoms with E-state index in [2.05, 4.69) is 10.1 Å². The highest BCUT2D eigenvalue weighted by molar-refractivity contribution is 7.93. The minimum absolute atomic E-state index is 0.0908. The van der Waals surface area contributed by atoms with Crippen LogP contribution < -0.4 is 4.31 Å². The second kappa shape index (κ2) is 4.50. The van der Waals surface area contributed by atoms with Gasteiger partial charge in [0.1, 0.15) is 11.2 Å². The van der Waals surface area contributed by atoms with Crippen molar-refractivity contribution >= 4 is 27.6 Å². The molecule has 0 radical (unpaired) electrons. The molecule has 0 amide bonds. The lowest BCUT2D eigenvalue weighted by Gasteiger charge is -2.27. The van der Waals surface area contributed by atoms with Crippen molar-refractivity contribution in [3.63, 3.8) is 0 Å². The van der Waals surface area contributed by atoms with Crippen molar-refractivity contribution in [3.05, 3.63) is 35.6 Å². The van der Waals surface area contributed by atoms with E-state index < -0.39 is 10.0 Å². The first-order chi connectivity index (χ1) is 9.10. The molecule has 2 aromatic rings. The number of aromatic nitrogens is 3. The first-order valence-corrected chi connectivity index (χ1v) is 7.57. The summed E-state index contributed by atoms with van der Waals surface area (Å²) in [5.41, 5.74) is 0. The van der Waals surface area contributed by atoms with Gasteiger partial charge < -0.3 is 0 Å². The minimum atomic E-state index is -3.70. The molecule has 100 valence electrons. The highest BCUT2D eigenvalue weighted by Crippen LogP contribution is 2.29. The molecule has 0 saturated heterocycles. The molecule has 6 nitrogen and oxygen atoms in total. The second-order valence-electron chi connectivity index (χ2n) is 4.14. The first kappa shape index (κ1) is 12.4. The smallest absolute Gasteiger partial charge is 0.234 e. The lowest BCUT2D eigenvalue weighted by atomic mass is 10.4. The molecule has 0 bridgehead atoms. The lowest BCUT2D eigenvalue weighted by Crippen LogP contribution is -2.38. The number of nitrogens with zero attached hydrogens (tertiary/aromatic N) is 4. The average molecular weight is 299 g/mol. The van der Waals surface area contributed by atoms with E-state index in [4.69, 9.17) is 11.6 Å². The van der Waals surface area contributed by atoms with Crippen molar-refractivity contribution in [2.24, 2.45) is 0 Å². The van der Waals surface area contributed by atoms with Gasteiger partial charge in [-0.05, 0) is 18.6 Å². The second-order valence-corrected chi connectivity index (χ2v) is 6.38. The van der Waals surface area contributed by atoms with Crippen molar-refractivity contribution in [1.82, 2.24) is 14.8 Å². The van der Waals surface area contributed by atoms with E-state index in [-0.39, 0.29) is 9.92 Å². The van der Waals surface area contributed by atoms with E-state index >= 15 is 0 Å². The van der Waals surface area contributed by atoms with Gasteiger partial charge in [-0.3, -0.25) is 0 Å². The number of rotatable bonds is 2. The zero-order valence-corrected chi connectivity index (χ0v) is 11.5. The summed E-state index contributed by atoms with van der Waals surface area (Å²) < 4.78 is 28.1. The Morgan fingerprint density at radius 3 is 2.79 bits per heavy atom. The molecule has 0 unspecified atom stereocenters. The fraction of sp³-hybridized carbons (Fsp3) is 0.273. The summed E-state index contributed by atoms with van der Waals surface area (Å²) in [6, 6.07) is 6.39. The van der Waals surface area contributed by atoms with Crippen LogP contribution in [0, 0.1) is 0 Å². The van der Waals surface area contributed by atoms with Crippen LogP contribution in [-0.4, -0.2) is 29.7 Å². The average Bonchev–Trinajstić information content (AvgIpc) is 2.86. The zero-order valence-electron chi connectivity index (χ0n) is 9.90. The van der Waals surface area contributed by atoms with Crippen molar-refractivity contribution < 1.29 is 8.42 Å². The van der Waals surface area contributed by atoms with Gasteiger partial charge in [0.25, 0.3) is 10.0 Å². The Hall–Kier alpha value is -1.60. The van der Waals surface area contributed by atoms with Crippen LogP contribution in [0.2, 0.25) is 5.02 Å². The van der Waals surface area contributed by atoms with Crippen LogP contribution in [0.3, 0.4) is 0 Å². The molecule has 1 aromatic heterocycles. The van der Waals surface area contributed by atoms with Crippen molar-refractivity contribution in [2.75, 3.05) is 10.8 Å². The summed E-state index contributed by atoms with van der Waals surface area (Å²) in [7, 11) is -3.70. The number of fused-ring (bicyclic) bond motifs is 1. The maximum absolute atomic E-state index is 12.6. The zero-order chi connectivity index (χ0) is 13.5. The Morgan fingerprint density at radius 2 is 2.00 bits per heavy atom. The maximum Gasteiger partial charge on any atom is 0.268 e. The van der Waals surface area contributed by atoms with Gasteiger partial charge in [-0.25, -0.2) is 17.4 Å². The molecule has 8 heteroatoms. The molecule has 2 heterocycles. The molecule has 0 N–H and O–H groups in total. The fourth-order valence-corrected chi connectivity index (χ4v) is 4.03. The Bertz CT molecular complexity index is 713. The Kier molecular flexibility index (Phi) is 2.94. The van der Waals surface area contributed by atoms with Gasteiger partial charge in [0.15, 0.2) is 0 Å². The highest BCUT2D eigenvalue weighted by atomic mass is 35.5. The monoisotopic (exact) mass is 298 g/mol. The van der Waals surface area contributed by atoms with E-state index in [1.165, 1.54) is 16.7 Å². The Labute approximate surface area is 115 Å². The molecule has 19 heavy (non-hydrogen) atoms. The molecule has 0 atom stereocenters. The number of hydrogen-bond donors (Lipinski definition) is 0. The van der Waals surface area contributed by atoms with E-state index in [9.17, 15) is 8.42 Å². The maximum atomic E-state index is 12.6. The van der Waals surface area contributed by atoms with E-state index in [0.717, 1.165) is 0 Å². The molecule has 3 rings (SSSR count). The van der Waals surface area contributed by atoms with Gasteiger partial charge in [0.2, 0.25) is 5.95 Å². The first-order valence-electron chi connectivity index (χ1n) is 5.76. The molecular formula is C11H11ClN4O2S. The number of hydrogen-bond acceptors (Lipinski definition) is 4. The standard InChI is InChI=1S/C11H11ClN4O2S/c12-9-4-1-2-5-10(9)19(17,18)16-7-3-6-15-11(16)13-8-14-15/h1-2,4-5,8H,3,6-7H2. The molecule has 0 aliphatic carbocycles. The van der Waals surface area contributed by atoms with Gasteiger partial charge in [-0.2, -0.15) is 10.1 Å². The van der Waals surface area contributed by atoms with Gasteiger partial charge in [-0.15, -0.1) is 0 Å². The van der Waals surface area contributed by atoms with Gasteiger partial charge in [-0.1, -0.05) is 23.7 Å². The molecule has 0 saturated carbocycles. The summed E-state index contributed by atoms with van der Waals surface area (Å²) in [5.74, 6) is 0.339. The number of anilines is 1. The third-order valence-electron chi connectivity index (χ3n) is 2.95. The number of benzene rings is 1. The predicted octanol–water partition coefficient (Wildman–Crippen LogP) is 1.53. The third-order valence-corrected chi connectivity index (χ3v) is 5.23. The number of aryl methyl sites for hydroxylation is 1. The molecular weight excluding hydrogens is 288 g/mol. The summed E-state index contributed by atoms with van der Waals surface area (Å²) in [5, 5.41) is 4.21. The Balaban J connectivity index is 2.11. The van der Waals surface area contributed by atoms with E-state index in [0.29, 0.717) is 25.5 Å². The van der Waals surface area contributed by atoms with E-state index in [1.54, 1.807) is 22.9 Å². The largest absolute Gasteiger partial charge is 0.268 e. The molecule has 1 aliphatic rings. The third kappa shape index (κ3) is 1.98. The molecule has 1 aliphatic heterocycles. The molecule has 1 aromatic carbocycles. The van der Waals surface area contributed by atoms with Crippen LogP contribution in [0.4, 0.5) is 5.95 Å². The minimum Gasteiger partial charge on any atom is -0.234 e. The highest BCUT2D eigenvalue weighted by Gasteiger charge is 2.32. The predicted molar refractivity (Wildman–Crippen MR) is 70.6 cm³/mol. The van der Waals surface area contributed by atoms with Crippen molar-refractivity contribution in [1.29, 1.82) is 0 Å². The summed E-state index contributed by atoms with van der Waals surface area (Å²) in [6.45, 7) is 1.05. The quantitative estimate of drug-likeness (QED) is 0.843. The van der Waals surface area contributed by atoms with Crippen LogP contribution >= 0.6 is 11.6 Å². The number of halogens is 1. The van der Waals surface area contributed by atoms with Crippen LogP contribution in [0.25, 0.3) is 0 Å². The summed E-state index contributed by atoms with van der Waals surface area (Å²) >= 11 is 5.98. The van der Waals surface area contributed by atoms with Crippen molar-refractivity contribution in [3.8, 4) is 0 Å². The van der Waals surface area contributed by atoms with Crippen LogP contribution in [0.1, 0.15) is 6.42 Å². The van der Waals surface area contributed by atoms with E-state index in [1.807, 2.05) is 0 Å². The van der Waals surface area contributed by atoms with Crippen LogP contribution in [0.5, 0.6) is 0 Å². The van der Waals surface area contributed by atoms with Crippen LogP contribution in [0.15, 0.2) is 35.5 Å². The Morgan fingerprint density at radius 1 is 1.21 bits per heavy atom. The topological polar surface area (TPSA) is 68.1 Å². The molecule has 0 fully saturated rings.